The fourth-order valence-corrected chi connectivity index (χ4v) is 8.12. The summed E-state index contributed by atoms with van der Waals surface area (Å²) in [6, 6.07) is 6.84. The van der Waals surface area contributed by atoms with Crippen molar-refractivity contribution < 1.29 is 23.5 Å². The minimum atomic E-state index is -0.205. The van der Waals surface area contributed by atoms with Crippen molar-refractivity contribution in [2.24, 2.45) is 47.3 Å². The lowest BCUT2D eigenvalue weighted by atomic mass is 9.55. The number of allylic oxidation sites excluding steroid dienone is 6. The molecule has 0 radical (unpaired) electrons. The van der Waals surface area contributed by atoms with E-state index in [2.05, 4.69) is 45.1 Å². The highest BCUT2D eigenvalue weighted by Gasteiger charge is 2.54. The lowest BCUT2D eigenvalue weighted by Crippen LogP contribution is -2.44. The lowest BCUT2D eigenvalue weighted by Gasteiger charge is -2.48. The average Bonchev–Trinajstić information content (AvgIpc) is 3.19. The van der Waals surface area contributed by atoms with Crippen LogP contribution in [0.2, 0.25) is 0 Å². The Labute approximate surface area is 232 Å². The summed E-state index contributed by atoms with van der Waals surface area (Å²) in [6.45, 7) is 8.72. The van der Waals surface area contributed by atoms with E-state index in [0.29, 0.717) is 48.5 Å². The van der Waals surface area contributed by atoms with Crippen molar-refractivity contribution in [3.05, 3.63) is 65.5 Å². The first-order chi connectivity index (χ1) is 18.7. The van der Waals surface area contributed by atoms with Gasteiger partial charge in [-0.15, -0.1) is 0 Å². The zero-order valence-electron chi connectivity index (χ0n) is 23.8. The Morgan fingerprint density at radius 2 is 2.03 bits per heavy atom. The monoisotopic (exact) mass is 534 g/mol. The second-order valence-corrected chi connectivity index (χ2v) is 12.5. The largest absolute Gasteiger partial charge is 0.466 e. The Kier molecular flexibility index (Phi) is 8.44. The Balaban J connectivity index is 1.34. The van der Waals surface area contributed by atoms with E-state index >= 15 is 0 Å². The molecule has 0 N–H and O–H groups in total. The molecule has 4 aliphatic rings. The molecular formula is C34H43FO4. The van der Waals surface area contributed by atoms with Gasteiger partial charge < -0.3 is 9.47 Å². The summed E-state index contributed by atoms with van der Waals surface area (Å²) in [4.78, 5) is 25.0. The molecule has 0 bridgehead atoms. The van der Waals surface area contributed by atoms with Crippen LogP contribution < -0.4 is 0 Å². The molecule has 1 saturated heterocycles. The molecule has 4 nitrogen and oxygen atoms in total. The van der Waals surface area contributed by atoms with Crippen LogP contribution in [0.1, 0.15) is 71.8 Å². The van der Waals surface area contributed by atoms with Crippen LogP contribution in [0.15, 0.2) is 54.1 Å². The van der Waals surface area contributed by atoms with E-state index in [1.807, 2.05) is 13.0 Å². The maximum atomic E-state index is 13.8. The van der Waals surface area contributed by atoms with E-state index in [4.69, 9.17) is 9.47 Å². The number of fused-ring (bicyclic) bond motifs is 2. The maximum Gasteiger partial charge on any atom is 0.309 e. The van der Waals surface area contributed by atoms with Gasteiger partial charge in [0.25, 0.3) is 0 Å². The topological polar surface area (TPSA) is 52.6 Å². The maximum absolute atomic E-state index is 13.8. The molecule has 3 fully saturated rings. The van der Waals surface area contributed by atoms with Crippen LogP contribution in [0.3, 0.4) is 0 Å². The summed E-state index contributed by atoms with van der Waals surface area (Å²) in [5.74, 6) is 2.25. The number of hydrogen-bond donors (Lipinski definition) is 0. The molecule has 0 aromatic heterocycles. The van der Waals surface area contributed by atoms with Crippen molar-refractivity contribution in [1.82, 2.24) is 0 Å². The van der Waals surface area contributed by atoms with Crippen molar-refractivity contribution in [2.75, 3.05) is 6.61 Å². The number of rotatable bonds is 7. The molecule has 210 valence electrons. The fraction of sp³-hybridized carbons (Fsp3) is 0.588. The molecule has 0 amide bonds. The van der Waals surface area contributed by atoms with Crippen LogP contribution in [-0.4, -0.2) is 24.6 Å². The highest BCUT2D eigenvalue weighted by molar-refractivity contribution is 5.75. The molecule has 1 aliphatic heterocycles. The van der Waals surface area contributed by atoms with Crippen LogP contribution in [-0.2, 0) is 19.1 Å². The Morgan fingerprint density at radius 3 is 2.77 bits per heavy atom. The van der Waals surface area contributed by atoms with Gasteiger partial charge >= 0.3 is 11.9 Å². The molecule has 2 saturated carbocycles. The lowest BCUT2D eigenvalue weighted by molar-refractivity contribution is -0.145. The number of ether oxygens (including phenoxy) is 2. The summed E-state index contributed by atoms with van der Waals surface area (Å²) >= 11 is 0. The molecule has 0 spiro atoms. The van der Waals surface area contributed by atoms with Gasteiger partial charge in [0.05, 0.1) is 12.5 Å². The van der Waals surface area contributed by atoms with Gasteiger partial charge in [0.15, 0.2) is 0 Å². The molecule has 1 aromatic rings. The van der Waals surface area contributed by atoms with E-state index in [1.54, 1.807) is 12.1 Å². The minimum absolute atomic E-state index is 0.0285. The van der Waals surface area contributed by atoms with E-state index in [1.165, 1.54) is 17.2 Å². The summed E-state index contributed by atoms with van der Waals surface area (Å²) in [6.07, 6.45) is 14.5. The number of cyclic esters (lactones) is 1. The minimum Gasteiger partial charge on any atom is -0.466 e. The van der Waals surface area contributed by atoms with Gasteiger partial charge in [-0.2, -0.15) is 0 Å². The van der Waals surface area contributed by atoms with Crippen molar-refractivity contribution in [1.29, 1.82) is 0 Å². The van der Waals surface area contributed by atoms with Crippen LogP contribution in [0.4, 0.5) is 4.39 Å². The van der Waals surface area contributed by atoms with Gasteiger partial charge in [0, 0.05) is 12.3 Å². The first kappa shape index (κ1) is 27.9. The van der Waals surface area contributed by atoms with Crippen LogP contribution in [0.25, 0.3) is 5.57 Å². The van der Waals surface area contributed by atoms with Gasteiger partial charge in [-0.1, -0.05) is 50.3 Å². The number of carbonyl (C=O) groups is 2. The molecule has 1 aromatic carbocycles. The summed E-state index contributed by atoms with van der Waals surface area (Å²) < 4.78 is 24.8. The predicted octanol–water partition coefficient (Wildman–Crippen LogP) is 7.55. The third-order valence-electron chi connectivity index (χ3n) is 10.0. The van der Waals surface area contributed by atoms with Crippen LogP contribution in [0, 0.1) is 53.2 Å². The zero-order valence-corrected chi connectivity index (χ0v) is 23.8. The van der Waals surface area contributed by atoms with Crippen LogP contribution in [0.5, 0.6) is 0 Å². The number of carbonyl (C=O) groups excluding carboxylic acids is 2. The summed E-state index contributed by atoms with van der Waals surface area (Å²) in [5.41, 5.74) is 3.39. The second-order valence-electron chi connectivity index (χ2n) is 12.5. The molecule has 3 aliphatic carbocycles. The third kappa shape index (κ3) is 5.93. The first-order valence-corrected chi connectivity index (χ1v) is 15.0. The van der Waals surface area contributed by atoms with Gasteiger partial charge in [-0.3, -0.25) is 9.59 Å². The fourth-order valence-electron chi connectivity index (χ4n) is 8.12. The quantitative estimate of drug-likeness (QED) is 0.339. The van der Waals surface area contributed by atoms with Gasteiger partial charge in [-0.05, 0) is 110 Å². The first-order valence-electron chi connectivity index (χ1n) is 15.0. The SMILES string of the molecule is CCOC(=O)CC(C)[C@H]1CC[C@H]2[C@@H](C1)C[C@@H]1C(=O)O[C@H](C)[C@H]1[C@@H]2/C=C/C1=CC=C(c2cccc(F)c2)C(C)C1. The highest BCUT2D eigenvalue weighted by Crippen LogP contribution is 2.55. The van der Waals surface area contributed by atoms with Crippen LogP contribution >= 0.6 is 0 Å². The molecule has 5 heteroatoms. The molecule has 2 unspecified atom stereocenters. The smallest absolute Gasteiger partial charge is 0.309 e. The average molecular weight is 535 g/mol. The molecule has 9 atom stereocenters. The van der Waals surface area contributed by atoms with Crippen molar-refractivity contribution in [2.45, 2.75) is 72.3 Å². The van der Waals surface area contributed by atoms with Crippen molar-refractivity contribution in [3.8, 4) is 0 Å². The Morgan fingerprint density at radius 1 is 1.21 bits per heavy atom. The highest BCUT2D eigenvalue weighted by atomic mass is 19.1. The number of esters is 2. The van der Waals surface area contributed by atoms with E-state index in [9.17, 15) is 14.0 Å². The number of benzene rings is 1. The molecule has 39 heavy (non-hydrogen) atoms. The third-order valence-corrected chi connectivity index (χ3v) is 10.0. The molecule has 1 heterocycles. The second kappa shape index (κ2) is 11.8. The van der Waals surface area contributed by atoms with Gasteiger partial charge in [-0.25, -0.2) is 4.39 Å². The molecule has 5 rings (SSSR count). The molecular weight excluding hydrogens is 491 g/mol. The standard InChI is InChI=1S/C34H43FO4/c1-5-38-32(36)16-20(2)24-11-14-29-26(17-24)19-31-33(22(4)39-34(31)37)30(29)13-10-23-9-12-28(21(3)15-23)25-7-6-8-27(35)18-25/h6-10,12-13,18,20-22,24,26,29-31,33H,5,11,14-17,19H2,1-4H3/b13-10+/t20?,21?,22-,24+,26+,29+,30-,31+,33+/m1/s1. The van der Waals surface area contributed by atoms with E-state index < -0.39 is 0 Å². The van der Waals surface area contributed by atoms with Gasteiger partial charge in [0.1, 0.15) is 11.9 Å². The number of halogens is 1. The van der Waals surface area contributed by atoms with Crippen molar-refractivity contribution in [3.63, 3.8) is 0 Å². The van der Waals surface area contributed by atoms with Gasteiger partial charge in [0.2, 0.25) is 0 Å². The van der Waals surface area contributed by atoms with E-state index in [0.717, 1.165) is 37.7 Å². The Bertz CT molecular complexity index is 1170. The van der Waals surface area contributed by atoms with Crippen molar-refractivity contribution >= 4 is 17.5 Å². The Hall–Kier alpha value is -2.69. The summed E-state index contributed by atoms with van der Waals surface area (Å²) in [7, 11) is 0. The zero-order chi connectivity index (χ0) is 27.7. The predicted molar refractivity (Wildman–Crippen MR) is 151 cm³/mol. The van der Waals surface area contributed by atoms with E-state index in [-0.39, 0.29) is 35.7 Å². The number of hydrogen-bond acceptors (Lipinski definition) is 4. The normalized spacial score (nSPS) is 34.9. The summed E-state index contributed by atoms with van der Waals surface area (Å²) in [5, 5.41) is 0.